The third kappa shape index (κ3) is 4.28. The molecule has 0 unspecified atom stereocenters. The number of benzene rings is 1. The van der Waals surface area contributed by atoms with E-state index in [9.17, 15) is 9.59 Å². The standard InChI is InChI=1S/C19H25NO6/c1-5-20(13-8-6-7-9-13)18(21)12-26-19(22)14-10-16(24-3)17(25-4)11-15(14)23-2/h8,10-11H,5-7,9,12H2,1-4H3. The molecule has 0 spiro atoms. The maximum atomic E-state index is 12.4. The van der Waals surface area contributed by atoms with Crippen LogP contribution in [0.5, 0.6) is 17.2 Å². The van der Waals surface area contributed by atoms with Crippen molar-refractivity contribution in [3.8, 4) is 17.2 Å². The lowest BCUT2D eigenvalue weighted by molar-refractivity contribution is -0.132. The number of likely N-dealkylation sites (N-methyl/N-ethyl adjacent to an activating group) is 1. The van der Waals surface area contributed by atoms with Crippen LogP contribution in [0, 0.1) is 0 Å². The van der Waals surface area contributed by atoms with Gasteiger partial charge in [-0.05, 0) is 26.2 Å². The van der Waals surface area contributed by atoms with Gasteiger partial charge in [-0.2, -0.15) is 0 Å². The van der Waals surface area contributed by atoms with Crippen LogP contribution < -0.4 is 14.2 Å². The number of rotatable bonds is 8. The molecule has 1 aromatic carbocycles. The van der Waals surface area contributed by atoms with E-state index in [1.807, 2.05) is 6.92 Å². The Morgan fingerprint density at radius 2 is 1.69 bits per heavy atom. The molecule has 0 fully saturated rings. The lowest BCUT2D eigenvalue weighted by Gasteiger charge is -2.22. The summed E-state index contributed by atoms with van der Waals surface area (Å²) in [6.45, 7) is 2.11. The minimum atomic E-state index is -0.660. The molecule has 0 atom stereocenters. The van der Waals surface area contributed by atoms with Crippen LogP contribution in [-0.4, -0.2) is 51.3 Å². The Morgan fingerprint density at radius 1 is 1.04 bits per heavy atom. The third-order valence-electron chi connectivity index (χ3n) is 4.23. The molecule has 1 aliphatic rings. The molecule has 26 heavy (non-hydrogen) atoms. The Kier molecular flexibility index (Phi) is 6.89. The number of amides is 1. The number of esters is 1. The van der Waals surface area contributed by atoms with Crippen LogP contribution in [0.3, 0.4) is 0 Å². The van der Waals surface area contributed by atoms with Crippen molar-refractivity contribution in [2.24, 2.45) is 0 Å². The maximum Gasteiger partial charge on any atom is 0.342 e. The summed E-state index contributed by atoms with van der Waals surface area (Å²) in [5.41, 5.74) is 1.17. The van der Waals surface area contributed by atoms with Crippen LogP contribution in [-0.2, 0) is 9.53 Å². The summed E-state index contributed by atoms with van der Waals surface area (Å²) in [4.78, 5) is 26.5. The highest BCUT2D eigenvalue weighted by molar-refractivity contribution is 5.95. The first kappa shape index (κ1) is 19.6. The van der Waals surface area contributed by atoms with E-state index in [-0.39, 0.29) is 23.8 Å². The summed E-state index contributed by atoms with van der Waals surface area (Å²) >= 11 is 0. The normalized spacial score (nSPS) is 13.0. The second kappa shape index (κ2) is 9.12. The predicted molar refractivity (Wildman–Crippen MR) is 95.7 cm³/mol. The second-order valence-corrected chi connectivity index (χ2v) is 5.71. The largest absolute Gasteiger partial charge is 0.496 e. The van der Waals surface area contributed by atoms with E-state index in [0.29, 0.717) is 18.0 Å². The van der Waals surface area contributed by atoms with Gasteiger partial charge in [0.05, 0.1) is 21.3 Å². The van der Waals surface area contributed by atoms with Gasteiger partial charge in [-0.3, -0.25) is 4.79 Å². The second-order valence-electron chi connectivity index (χ2n) is 5.71. The molecule has 1 aliphatic carbocycles. The Labute approximate surface area is 153 Å². The van der Waals surface area contributed by atoms with E-state index >= 15 is 0 Å². The molecular weight excluding hydrogens is 338 g/mol. The quantitative estimate of drug-likeness (QED) is 0.661. The average Bonchev–Trinajstić information content (AvgIpc) is 3.19. The molecule has 7 nitrogen and oxygen atoms in total. The van der Waals surface area contributed by atoms with Gasteiger partial charge in [-0.1, -0.05) is 6.08 Å². The van der Waals surface area contributed by atoms with Crippen LogP contribution >= 0.6 is 0 Å². The van der Waals surface area contributed by atoms with Gasteiger partial charge in [0.15, 0.2) is 18.1 Å². The number of methoxy groups -OCH3 is 3. The van der Waals surface area contributed by atoms with Crippen molar-refractivity contribution in [2.45, 2.75) is 26.2 Å². The van der Waals surface area contributed by atoms with Crippen molar-refractivity contribution in [1.82, 2.24) is 4.90 Å². The molecule has 142 valence electrons. The van der Waals surface area contributed by atoms with Gasteiger partial charge in [0, 0.05) is 24.4 Å². The van der Waals surface area contributed by atoms with Gasteiger partial charge in [-0.25, -0.2) is 4.79 Å². The van der Waals surface area contributed by atoms with Gasteiger partial charge in [-0.15, -0.1) is 0 Å². The van der Waals surface area contributed by atoms with Crippen molar-refractivity contribution < 1.29 is 28.5 Å². The minimum Gasteiger partial charge on any atom is -0.496 e. The van der Waals surface area contributed by atoms with Crippen molar-refractivity contribution in [3.63, 3.8) is 0 Å². The Morgan fingerprint density at radius 3 is 2.23 bits per heavy atom. The van der Waals surface area contributed by atoms with Crippen LogP contribution in [0.1, 0.15) is 36.5 Å². The van der Waals surface area contributed by atoms with Crippen molar-refractivity contribution >= 4 is 11.9 Å². The first-order valence-electron chi connectivity index (χ1n) is 8.52. The van der Waals surface area contributed by atoms with E-state index in [1.165, 1.54) is 27.4 Å². The highest BCUT2D eigenvalue weighted by Crippen LogP contribution is 2.35. The fraction of sp³-hybridized carbons (Fsp3) is 0.474. The molecule has 1 aromatic rings. The first-order valence-corrected chi connectivity index (χ1v) is 8.52. The van der Waals surface area contributed by atoms with Gasteiger partial charge in [0.1, 0.15) is 11.3 Å². The molecular formula is C19H25NO6. The Bertz CT molecular complexity index is 698. The SMILES string of the molecule is CCN(C(=O)COC(=O)c1cc(OC)c(OC)cc1OC)C1=CCCC1. The van der Waals surface area contributed by atoms with E-state index in [4.69, 9.17) is 18.9 Å². The molecule has 0 aromatic heterocycles. The van der Waals surface area contributed by atoms with Crippen LogP contribution in [0.15, 0.2) is 23.9 Å². The van der Waals surface area contributed by atoms with E-state index < -0.39 is 5.97 Å². The van der Waals surface area contributed by atoms with Gasteiger partial charge in [0.2, 0.25) is 0 Å². The minimum absolute atomic E-state index is 0.168. The molecule has 7 heteroatoms. The summed E-state index contributed by atoms with van der Waals surface area (Å²) in [6.07, 6.45) is 4.95. The fourth-order valence-electron chi connectivity index (χ4n) is 2.91. The monoisotopic (exact) mass is 363 g/mol. The number of carbonyl (C=O) groups excluding carboxylic acids is 2. The maximum absolute atomic E-state index is 12.4. The average molecular weight is 363 g/mol. The number of ether oxygens (including phenoxy) is 4. The Hall–Kier alpha value is -2.70. The highest BCUT2D eigenvalue weighted by Gasteiger charge is 2.23. The molecule has 0 aliphatic heterocycles. The number of carbonyl (C=O) groups is 2. The molecule has 0 N–H and O–H groups in total. The van der Waals surface area contributed by atoms with Crippen LogP contribution in [0.25, 0.3) is 0 Å². The summed E-state index contributed by atoms with van der Waals surface area (Å²) in [5.74, 6) is 0.187. The van der Waals surface area contributed by atoms with Crippen LogP contribution in [0.4, 0.5) is 0 Å². The lowest BCUT2D eigenvalue weighted by atomic mass is 10.1. The molecule has 0 heterocycles. The van der Waals surface area contributed by atoms with Gasteiger partial charge >= 0.3 is 5.97 Å². The molecule has 1 amide bonds. The molecule has 0 bridgehead atoms. The number of allylic oxidation sites excluding steroid dienone is 2. The molecule has 0 saturated carbocycles. The highest BCUT2D eigenvalue weighted by atomic mass is 16.5. The van der Waals surface area contributed by atoms with Crippen molar-refractivity contribution in [3.05, 3.63) is 29.5 Å². The van der Waals surface area contributed by atoms with E-state index in [2.05, 4.69) is 6.08 Å². The van der Waals surface area contributed by atoms with Gasteiger partial charge in [0.25, 0.3) is 5.91 Å². The predicted octanol–water partition coefficient (Wildman–Crippen LogP) is 2.79. The zero-order valence-electron chi connectivity index (χ0n) is 15.7. The summed E-state index contributed by atoms with van der Waals surface area (Å²) in [5, 5.41) is 0. The number of nitrogens with zero attached hydrogens (tertiary/aromatic N) is 1. The summed E-state index contributed by atoms with van der Waals surface area (Å²) in [6, 6.07) is 3.01. The van der Waals surface area contributed by atoms with Crippen molar-refractivity contribution in [2.75, 3.05) is 34.5 Å². The zero-order chi connectivity index (χ0) is 19.1. The van der Waals surface area contributed by atoms with E-state index in [1.54, 1.807) is 11.0 Å². The number of hydrogen-bond donors (Lipinski definition) is 0. The smallest absolute Gasteiger partial charge is 0.342 e. The molecule has 0 radical (unpaired) electrons. The van der Waals surface area contributed by atoms with E-state index in [0.717, 1.165) is 25.0 Å². The number of hydrogen-bond acceptors (Lipinski definition) is 6. The summed E-state index contributed by atoms with van der Waals surface area (Å²) < 4.78 is 20.8. The summed E-state index contributed by atoms with van der Waals surface area (Å²) in [7, 11) is 4.40. The van der Waals surface area contributed by atoms with Crippen LogP contribution in [0.2, 0.25) is 0 Å². The first-order chi connectivity index (χ1) is 12.5. The van der Waals surface area contributed by atoms with Gasteiger partial charge < -0.3 is 23.8 Å². The molecule has 0 saturated heterocycles. The topological polar surface area (TPSA) is 74.3 Å². The lowest BCUT2D eigenvalue weighted by Crippen LogP contribution is -2.33. The fourth-order valence-corrected chi connectivity index (χ4v) is 2.91. The zero-order valence-corrected chi connectivity index (χ0v) is 15.7. The Balaban J connectivity index is 2.10. The molecule has 2 rings (SSSR count). The third-order valence-corrected chi connectivity index (χ3v) is 4.23. The van der Waals surface area contributed by atoms with Crippen molar-refractivity contribution in [1.29, 1.82) is 0 Å².